The molecule has 2 aromatic heterocycles. The molecular formula is C20H23N5O3S2. The number of H-pyrrole nitrogens is 1. The molecule has 5 rings (SSSR count). The lowest BCUT2D eigenvalue weighted by Gasteiger charge is -2.23. The van der Waals surface area contributed by atoms with Gasteiger partial charge in [-0.05, 0) is 32.3 Å². The summed E-state index contributed by atoms with van der Waals surface area (Å²) < 4.78 is 25.7. The van der Waals surface area contributed by atoms with Crippen molar-refractivity contribution in [1.82, 2.24) is 25.1 Å². The maximum absolute atomic E-state index is 12.5. The van der Waals surface area contributed by atoms with E-state index >= 15 is 0 Å². The first-order chi connectivity index (χ1) is 14.3. The number of carbonyl (C=O) groups is 1. The molecule has 1 aromatic carbocycles. The third-order valence-corrected chi connectivity index (χ3v) is 8.53. The van der Waals surface area contributed by atoms with Crippen molar-refractivity contribution in [3.05, 3.63) is 30.5 Å². The zero-order valence-electron chi connectivity index (χ0n) is 16.6. The molecule has 3 aromatic rings. The summed E-state index contributed by atoms with van der Waals surface area (Å²) in [6.45, 7) is 1.79. The number of carbonyl (C=O) groups excluding carboxylic acids is 1. The van der Waals surface area contributed by atoms with Gasteiger partial charge in [0.15, 0.2) is 20.8 Å². The number of fused-ring (bicyclic) bond motifs is 1. The van der Waals surface area contributed by atoms with Gasteiger partial charge in [0.05, 0.1) is 22.8 Å². The zero-order chi connectivity index (χ0) is 20.9. The molecule has 0 spiro atoms. The number of aromatic nitrogens is 4. The van der Waals surface area contributed by atoms with E-state index in [1.165, 1.54) is 11.8 Å². The Morgan fingerprint density at radius 3 is 2.87 bits per heavy atom. The molecule has 30 heavy (non-hydrogen) atoms. The predicted octanol–water partition coefficient (Wildman–Crippen LogP) is 2.55. The van der Waals surface area contributed by atoms with Crippen molar-refractivity contribution >= 4 is 38.4 Å². The first-order valence-electron chi connectivity index (χ1n) is 9.99. The number of para-hydroxylation sites is 1. The highest BCUT2D eigenvalue weighted by atomic mass is 32.2. The standard InChI is InChI=1S/C20H23N5O3S2/c1-20(8-9-30(27,28)12-20)22-17(26)11-29-19-24-23-18(25(19)13-6-7-13)15-10-21-16-5-3-2-4-14(15)16/h2-5,10,13,21H,6-9,11-12H2,1H3,(H,22,26). The van der Waals surface area contributed by atoms with Crippen LogP contribution in [0.15, 0.2) is 35.6 Å². The van der Waals surface area contributed by atoms with Gasteiger partial charge < -0.3 is 10.3 Å². The van der Waals surface area contributed by atoms with Gasteiger partial charge in [-0.1, -0.05) is 30.0 Å². The highest BCUT2D eigenvalue weighted by Crippen LogP contribution is 2.42. The summed E-state index contributed by atoms with van der Waals surface area (Å²) in [4.78, 5) is 15.8. The summed E-state index contributed by atoms with van der Waals surface area (Å²) in [5, 5.41) is 13.5. The molecular weight excluding hydrogens is 422 g/mol. The summed E-state index contributed by atoms with van der Waals surface area (Å²) >= 11 is 1.35. The summed E-state index contributed by atoms with van der Waals surface area (Å²) in [5.41, 5.74) is 1.37. The predicted molar refractivity (Wildman–Crippen MR) is 116 cm³/mol. The molecule has 158 valence electrons. The molecule has 2 fully saturated rings. The number of benzene rings is 1. The minimum absolute atomic E-state index is 0.000620. The molecule has 1 saturated heterocycles. The Labute approximate surface area is 178 Å². The van der Waals surface area contributed by atoms with E-state index in [2.05, 4.69) is 31.1 Å². The monoisotopic (exact) mass is 445 g/mol. The topological polar surface area (TPSA) is 110 Å². The fraction of sp³-hybridized carbons (Fsp3) is 0.450. The van der Waals surface area contributed by atoms with Crippen molar-refractivity contribution < 1.29 is 13.2 Å². The molecule has 0 bridgehead atoms. The van der Waals surface area contributed by atoms with E-state index in [9.17, 15) is 13.2 Å². The van der Waals surface area contributed by atoms with Crippen LogP contribution in [0.2, 0.25) is 0 Å². The number of hydrogen-bond donors (Lipinski definition) is 2. The second kappa shape index (κ2) is 7.12. The van der Waals surface area contributed by atoms with E-state index in [0.717, 1.165) is 40.3 Å². The van der Waals surface area contributed by atoms with Crippen LogP contribution in [0.3, 0.4) is 0 Å². The van der Waals surface area contributed by atoms with Crippen molar-refractivity contribution in [3.8, 4) is 11.4 Å². The average Bonchev–Trinajstić information content (AvgIpc) is 3.19. The Hall–Kier alpha value is -2.33. The Kier molecular flexibility index (Phi) is 4.66. The smallest absolute Gasteiger partial charge is 0.230 e. The summed E-state index contributed by atoms with van der Waals surface area (Å²) in [6, 6.07) is 8.43. The number of aromatic amines is 1. The fourth-order valence-corrected chi connectivity index (χ4v) is 6.99. The van der Waals surface area contributed by atoms with Crippen LogP contribution >= 0.6 is 11.8 Å². The van der Waals surface area contributed by atoms with Crippen LogP contribution in [0.1, 0.15) is 32.2 Å². The van der Waals surface area contributed by atoms with Gasteiger partial charge in [-0.3, -0.25) is 9.36 Å². The summed E-state index contributed by atoms with van der Waals surface area (Å²) in [7, 11) is -3.07. The number of rotatable bonds is 6. The molecule has 1 saturated carbocycles. The number of amides is 1. The van der Waals surface area contributed by atoms with Gasteiger partial charge in [0, 0.05) is 28.7 Å². The maximum Gasteiger partial charge on any atom is 0.230 e. The molecule has 2 N–H and O–H groups in total. The molecule has 1 aliphatic carbocycles. The second-order valence-electron chi connectivity index (χ2n) is 8.39. The largest absolute Gasteiger partial charge is 0.360 e. The molecule has 1 aliphatic heterocycles. The third-order valence-electron chi connectivity index (χ3n) is 5.68. The first-order valence-corrected chi connectivity index (χ1v) is 12.8. The summed E-state index contributed by atoms with van der Waals surface area (Å²) in [5.74, 6) is 0.930. The van der Waals surface area contributed by atoms with E-state index in [0.29, 0.717) is 12.5 Å². The van der Waals surface area contributed by atoms with Gasteiger partial charge in [0.1, 0.15) is 0 Å². The zero-order valence-corrected chi connectivity index (χ0v) is 18.2. The maximum atomic E-state index is 12.5. The molecule has 3 heterocycles. The van der Waals surface area contributed by atoms with Crippen LogP contribution in [-0.2, 0) is 14.6 Å². The van der Waals surface area contributed by atoms with Gasteiger partial charge in [0.25, 0.3) is 0 Å². The molecule has 2 aliphatic rings. The third kappa shape index (κ3) is 3.74. The van der Waals surface area contributed by atoms with E-state index < -0.39 is 15.4 Å². The van der Waals surface area contributed by atoms with Crippen LogP contribution in [0.5, 0.6) is 0 Å². The highest BCUT2D eigenvalue weighted by Gasteiger charge is 2.39. The Bertz CT molecular complexity index is 1230. The number of hydrogen-bond acceptors (Lipinski definition) is 6. The normalized spacial score (nSPS) is 23.1. The number of nitrogens with zero attached hydrogens (tertiary/aromatic N) is 3. The fourth-order valence-electron chi connectivity index (χ4n) is 4.09. The second-order valence-corrected chi connectivity index (χ2v) is 11.5. The molecule has 10 heteroatoms. The number of sulfone groups is 1. The van der Waals surface area contributed by atoms with Crippen LogP contribution in [0.4, 0.5) is 0 Å². The van der Waals surface area contributed by atoms with E-state index in [4.69, 9.17) is 0 Å². The van der Waals surface area contributed by atoms with Crippen LogP contribution < -0.4 is 5.32 Å². The van der Waals surface area contributed by atoms with Gasteiger partial charge in [-0.15, -0.1) is 10.2 Å². The van der Waals surface area contributed by atoms with Crippen LogP contribution in [0, 0.1) is 0 Å². The Morgan fingerprint density at radius 1 is 1.33 bits per heavy atom. The molecule has 0 radical (unpaired) electrons. The van der Waals surface area contributed by atoms with Crippen molar-refractivity contribution in [2.24, 2.45) is 0 Å². The van der Waals surface area contributed by atoms with E-state index in [1.807, 2.05) is 24.4 Å². The Morgan fingerprint density at radius 2 is 2.13 bits per heavy atom. The van der Waals surface area contributed by atoms with Crippen molar-refractivity contribution in [3.63, 3.8) is 0 Å². The molecule has 1 unspecified atom stereocenters. The molecule has 8 nitrogen and oxygen atoms in total. The highest BCUT2D eigenvalue weighted by molar-refractivity contribution is 7.99. The lowest BCUT2D eigenvalue weighted by Crippen LogP contribution is -2.47. The number of nitrogens with one attached hydrogen (secondary N) is 2. The van der Waals surface area contributed by atoms with Gasteiger partial charge in [0.2, 0.25) is 5.91 Å². The van der Waals surface area contributed by atoms with Gasteiger partial charge >= 0.3 is 0 Å². The Balaban J connectivity index is 1.34. The van der Waals surface area contributed by atoms with Gasteiger partial charge in [-0.2, -0.15) is 0 Å². The minimum Gasteiger partial charge on any atom is -0.360 e. The first kappa shape index (κ1) is 19.6. The van der Waals surface area contributed by atoms with Crippen LogP contribution in [-0.4, -0.2) is 56.9 Å². The number of thioether (sulfide) groups is 1. The van der Waals surface area contributed by atoms with E-state index in [-0.39, 0.29) is 23.2 Å². The molecule has 1 atom stereocenters. The van der Waals surface area contributed by atoms with Crippen molar-refractivity contribution in [1.29, 1.82) is 0 Å². The SMILES string of the molecule is CC1(NC(=O)CSc2nnc(-c3c[nH]c4ccccc34)n2C2CC2)CCS(=O)(=O)C1. The quantitative estimate of drug-likeness (QED) is 0.564. The van der Waals surface area contributed by atoms with Crippen molar-refractivity contribution in [2.75, 3.05) is 17.3 Å². The minimum atomic E-state index is -3.07. The average molecular weight is 446 g/mol. The lowest BCUT2D eigenvalue weighted by molar-refractivity contribution is -0.120. The van der Waals surface area contributed by atoms with Crippen LogP contribution in [0.25, 0.3) is 22.3 Å². The molecule has 1 amide bonds. The van der Waals surface area contributed by atoms with E-state index in [1.54, 1.807) is 6.92 Å². The lowest BCUT2D eigenvalue weighted by atomic mass is 10.0. The van der Waals surface area contributed by atoms with Crippen molar-refractivity contribution in [2.45, 2.75) is 42.9 Å². The van der Waals surface area contributed by atoms with Gasteiger partial charge in [-0.25, -0.2) is 8.42 Å². The summed E-state index contributed by atoms with van der Waals surface area (Å²) in [6.07, 6.45) is 4.55.